The first kappa shape index (κ1) is 26.2. The monoisotopic (exact) mass is 530 g/mol. The van der Waals surface area contributed by atoms with Crippen molar-refractivity contribution >= 4 is 28.9 Å². The molecule has 0 heterocycles. The number of hydrogen-bond acceptors (Lipinski definition) is 6. The van der Waals surface area contributed by atoms with Crippen LogP contribution in [0.3, 0.4) is 0 Å². The topological polar surface area (TPSA) is 86.2 Å². The van der Waals surface area contributed by atoms with Crippen LogP contribution in [0.25, 0.3) is 10.8 Å². The Morgan fingerprint density at radius 2 is 1.32 bits per heavy atom. The van der Waals surface area contributed by atoms with Gasteiger partial charge in [0.25, 0.3) is 5.91 Å². The molecule has 0 saturated carbocycles. The summed E-state index contributed by atoms with van der Waals surface area (Å²) in [7, 11) is 0. The molecule has 0 atom stereocenters. The molecule has 1 amide bonds. The van der Waals surface area contributed by atoms with Crippen LogP contribution >= 0.6 is 0 Å². The zero-order valence-electron chi connectivity index (χ0n) is 21.5. The molecule has 40 heavy (non-hydrogen) atoms. The quantitative estimate of drug-likeness (QED) is 0.101. The predicted molar refractivity (Wildman–Crippen MR) is 154 cm³/mol. The lowest BCUT2D eigenvalue weighted by Crippen LogP contribution is -2.24. The Balaban J connectivity index is 1.06. The highest BCUT2D eigenvalue weighted by molar-refractivity contribution is 6.05. The number of amides is 1. The van der Waals surface area contributed by atoms with Gasteiger partial charge in [-0.1, -0.05) is 66.7 Å². The second kappa shape index (κ2) is 12.9. The molecule has 0 aliphatic rings. The third kappa shape index (κ3) is 7.11. The summed E-state index contributed by atoms with van der Waals surface area (Å²) in [5, 5.41) is 5.77. The smallest absolute Gasteiger partial charge is 0.344 e. The lowest BCUT2D eigenvalue weighted by Gasteiger charge is -2.08. The van der Waals surface area contributed by atoms with Gasteiger partial charge in [0.2, 0.25) is 0 Å². The molecule has 0 bridgehead atoms. The van der Waals surface area contributed by atoms with Gasteiger partial charge in [-0.2, -0.15) is 5.10 Å². The molecule has 0 unspecified atom stereocenters. The number of rotatable bonds is 10. The van der Waals surface area contributed by atoms with Crippen LogP contribution in [-0.2, 0) is 11.4 Å². The molecular weight excluding hydrogens is 504 g/mol. The van der Waals surface area contributed by atoms with Crippen molar-refractivity contribution in [1.82, 2.24) is 5.43 Å². The van der Waals surface area contributed by atoms with Crippen molar-refractivity contribution in [3.8, 4) is 17.2 Å². The molecule has 0 aliphatic carbocycles. The van der Waals surface area contributed by atoms with Gasteiger partial charge in [-0.25, -0.2) is 10.2 Å². The van der Waals surface area contributed by atoms with E-state index >= 15 is 0 Å². The minimum Gasteiger partial charge on any atom is -0.489 e. The van der Waals surface area contributed by atoms with E-state index in [4.69, 9.17) is 14.2 Å². The Labute approximate surface area is 231 Å². The number of hydrogen-bond donors (Lipinski definition) is 1. The maximum Gasteiger partial charge on any atom is 0.344 e. The maximum atomic E-state index is 12.7. The molecule has 5 rings (SSSR count). The normalized spacial score (nSPS) is 10.8. The van der Waals surface area contributed by atoms with Gasteiger partial charge in [0.05, 0.1) is 11.8 Å². The van der Waals surface area contributed by atoms with Crippen molar-refractivity contribution in [3.63, 3.8) is 0 Å². The molecule has 0 aliphatic heterocycles. The average molecular weight is 531 g/mol. The third-order valence-corrected chi connectivity index (χ3v) is 5.95. The van der Waals surface area contributed by atoms with E-state index in [1.54, 1.807) is 54.6 Å². The number of carbonyl (C=O) groups is 2. The van der Waals surface area contributed by atoms with E-state index in [-0.39, 0.29) is 6.61 Å². The number of ether oxygens (including phenoxy) is 3. The molecule has 1 N–H and O–H groups in total. The fourth-order valence-electron chi connectivity index (χ4n) is 3.92. The summed E-state index contributed by atoms with van der Waals surface area (Å²) in [6.07, 6.45) is 1.49. The van der Waals surface area contributed by atoms with Gasteiger partial charge in [0.1, 0.15) is 23.9 Å². The standard InChI is InChI=1S/C33H26N2O5/c36-32(23-39-28-19-17-27(18-20-28)38-22-25-7-2-1-3-8-25)35-34-21-24-13-15-29(16-14-24)40-33(37)31-12-6-10-26-9-4-5-11-30(26)31/h1-21H,22-23H2,(H,35,36)/b34-21-. The van der Waals surface area contributed by atoms with E-state index in [2.05, 4.69) is 10.5 Å². The molecular formula is C33H26N2O5. The van der Waals surface area contributed by atoms with Crippen molar-refractivity contribution in [2.24, 2.45) is 5.10 Å². The second-order valence-electron chi connectivity index (χ2n) is 8.81. The van der Waals surface area contributed by atoms with Crippen molar-refractivity contribution in [2.75, 3.05) is 6.61 Å². The summed E-state index contributed by atoms with van der Waals surface area (Å²) in [4.78, 5) is 24.8. The number of esters is 1. The SMILES string of the molecule is O=C(COc1ccc(OCc2ccccc2)cc1)N/N=C\c1ccc(OC(=O)c2cccc3ccccc23)cc1. The Kier molecular flexibility index (Phi) is 8.44. The number of carbonyl (C=O) groups excluding carboxylic acids is 2. The van der Waals surface area contributed by atoms with E-state index in [0.29, 0.717) is 29.4 Å². The van der Waals surface area contributed by atoms with Crippen LogP contribution in [0.2, 0.25) is 0 Å². The first-order valence-corrected chi connectivity index (χ1v) is 12.7. The number of nitrogens with one attached hydrogen (secondary N) is 1. The van der Waals surface area contributed by atoms with Gasteiger partial charge >= 0.3 is 5.97 Å². The lowest BCUT2D eigenvalue weighted by molar-refractivity contribution is -0.123. The Bertz CT molecular complexity index is 1610. The van der Waals surface area contributed by atoms with Crippen molar-refractivity contribution in [2.45, 2.75) is 6.61 Å². The van der Waals surface area contributed by atoms with Crippen LogP contribution in [0.5, 0.6) is 17.2 Å². The van der Waals surface area contributed by atoms with Crippen LogP contribution < -0.4 is 19.6 Å². The van der Waals surface area contributed by atoms with Gasteiger partial charge in [-0.15, -0.1) is 0 Å². The molecule has 198 valence electrons. The average Bonchev–Trinajstić information content (AvgIpc) is 3.00. The van der Waals surface area contributed by atoms with E-state index in [9.17, 15) is 9.59 Å². The number of benzene rings is 5. The zero-order valence-corrected chi connectivity index (χ0v) is 21.5. The summed E-state index contributed by atoms with van der Waals surface area (Å²) in [5.74, 6) is 0.824. The second-order valence-corrected chi connectivity index (χ2v) is 8.81. The summed E-state index contributed by atoms with van der Waals surface area (Å²) in [6, 6.07) is 36.9. The number of nitrogens with zero attached hydrogens (tertiary/aromatic N) is 1. The van der Waals surface area contributed by atoms with E-state index < -0.39 is 11.9 Å². The van der Waals surface area contributed by atoms with E-state index in [1.165, 1.54) is 6.21 Å². The van der Waals surface area contributed by atoms with Gasteiger partial charge in [0, 0.05) is 0 Å². The largest absolute Gasteiger partial charge is 0.489 e. The summed E-state index contributed by atoms with van der Waals surface area (Å²) in [5.41, 5.74) is 4.73. The van der Waals surface area contributed by atoms with Crippen LogP contribution in [0.1, 0.15) is 21.5 Å². The minimum atomic E-state index is -0.431. The van der Waals surface area contributed by atoms with Crippen LogP contribution in [-0.4, -0.2) is 24.7 Å². The molecule has 0 radical (unpaired) electrons. The van der Waals surface area contributed by atoms with Gasteiger partial charge in [-0.3, -0.25) is 4.79 Å². The fourth-order valence-corrected chi connectivity index (χ4v) is 3.92. The summed E-state index contributed by atoms with van der Waals surface area (Å²) < 4.78 is 16.8. The fraction of sp³-hybridized carbons (Fsp3) is 0.0606. The molecule has 0 aromatic heterocycles. The summed E-state index contributed by atoms with van der Waals surface area (Å²) in [6.45, 7) is 0.283. The highest BCUT2D eigenvalue weighted by Crippen LogP contribution is 2.21. The molecule has 5 aromatic carbocycles. The van der Waals surface area contributed by atoms with Crippen LogP contribution in [0.15, 0.2) is 126 Å². The lowest BCUT2D eigenvalue weighted by atomic mass is 10.0. The maximum absolute atomic E-state index is 12.7. The first-order chi connectivity index (χ1) is 19.6. The molecule has 0 fully saturated rings. The van der Waals surface area contributed by atoms with Crippen LogP contribution in [0, 0.1) is 0 Å². The van der Waals surface area contributed by atoms with Crippen LogP contribution in [0.4, 0.5) is 0 Å². The third-order valence-electron chi connectivity index (χ3n) is 5.95. The van der Waals surface area contributed by atoms with Gasteiger partial charge in [-0.05, 0) is 76.5 Å². The van der Waals surface area contributed by atoms with Crippen molar-refractivity contribution in [3.05, 3.63) is 138 Å². The van der Waals surface area contributed by atoms with Crippen molar-refractivity contribution in [1.29, 1.82) is 0 Å². The first-order valence-electron chi connectivity index (χ1n) is 12.7. The highest BCUT2D eigenvalue weighted by Gasteiger charge is 2.12. The highest BCUT2D eigenvalue weighted by atomic mass is 16.5. The minimum absolute atomic E-state index is 0.190. The molecule has 7 nitrogen and oxygen atoms in total. The van der Waals surface area contributed by atoms with Gasteiger partial charge in [0.15, 0.2) is 6.61 Å². The van der Waals surface area contributed by atoms with E-state index in [1.807, 2.05) is 66.7 Å². The van der Waals surface area contributed by atoms with E-state index in [0.717, 1.165) is 21.9 Å². The number of hydrazone groups is 1. The summed E-state index contributed by atoms with van der Waals surface area (Å²) >= 11 is 0. The predicted octanol–water partition coefficient (Wildman–Crippen LogP) is 6.17. The Morgan fingerprint density at radius 3 is 2.10 bits per heavy atom. The molecule has 0 saturated heterocycles. The Hall–Kier alpha value is -5.43. The number of fused-ring (bicyclic) bond motifs is 1. The van der Waals surface area contributed by atoms with Crippen molar-refractivity contribution < 1.29 is 23.8 Å². The molecule has 5 aromatic rings. The Morgan fingerprint density at radius 1 is 0.675 bits per heavy atom. The molecule has 7 heteroatoms. The zero-order chi connectivity index (χ0) is 27.6. The van der Waals surface area contributed by atoms with Gasteiger partial charge < -0.3 is 14.2 Å². The molecule has 0 spiro atoms.